The smallest absolute Gasteiger partial charge is 0.0564 e. The van der Waals surface area contributed by atoms with Crippen LogP contribution in [0.1, 0.15) is 185 Å². The van der Waals surface area contributed by atoms with Crippen LogP contribution >= 0.6 is 0 Å². The van der Waals surface area contributed by atoms with E-state index in [1.54, 1.807) is 0 Å². The van der Waals surface area contributed by atoms with Crippen LogP contribution < -0.4 is 0 Å². The van der Waals surface area contributed by atoms with E-state index < -0.39 is 0 Å². The molecule has 0 saturated carbocycles. The maximum atomic E-state index is 2.18. The van der Waals surface area contributed by atoms with E-state index in [1.807, 2.05) is 138 Å². The molecule has 0 unspecified atom stereocenters. The summed E-state index contributed by atoms with van der Waals surface area (Å²) in [6.45, 7) is 48.6. The Bertz CT molecular complexity index is 7.51. The first kappa shape index (κ1) is 81.1. The van der Waals surface area contributed by atoms with Crippen LogP contribution in [0, 0.1) is 0 Å². The first-order valence-corrected chi connectivity index (χ1v) is 13.3. The molecule has 0 aliphatic rings. The zero-order valence-corrected chi connectivity index (χ0v) is 26.1. The van der Waals surface area contributed by atoms with E-state index in [0.29, 0.717) is 0 Å². The highest BCUT2D eigenvalue weighted by Crippen LogP contribution is 1.76. The fourth-order valence-corrected chi connectivity index (χ4v) is 0. The van der Waals surface area contributed by atoms with Crippen molar-refractivity contribution in [2.75, 3.05) is 0 Å². The molecule has 0 bridgehead atoms. The molecular formula is C27H78. The van der Waals surface area contributed by atoms with Crippen LogP contribution in [0.25, 0.3) is 0 Å². The van der Waals surface area contributed by atoms with Crippen molar-refractivity contribution in [2.45, 2.75) is 185 Å². The van der Waals surface area contributed by atoms with Gasteiger partial charge in [-0.25, -0.2) is 0 Å². The monoisotopic (exact) mass is 403 g/mol. The molecule has 0 spiro atoms. The molecule has 0 aliphatic heterocycles. The van der Waals surface area contributed by atoms with Gasteiger partial charge in [-0.05, 0) is 0 Å². The zero-order chi connectivity index (χ0) is 26.1. The second kappa shape index (κ2) is 1810. The Kier molecular flexibility index (Phi) is 5420. The van der Waals surface area contributed by atoms with Crippen molar-refractivity contribution in [3.05, 3.63) is 0 Å². The summed E-state index contributed by atoms with van der Waals surface area (Å²) in [5.41, 5.74) is 0. The summed E-state index contributed by atoms with van der Waals surface area (Å²) in [5.74, 6) is 0. The van der Waals surface area contributed by atoms with E-state index in [4.69, 9.17) is 0 Å². The van der Waals surface area contributed by atoms with Gasteiger partial charge in [-0.3, -0.25) is 0 Å². The van der Waals surface area contributed by atoms with Gasteiger partial charge < -0.3 is 0 Å². The lowest BCUT2D eigenvalue weighted by molar-refractivity contribution is 0.886. The second-order valence-electron chi connectivity index (χ2n) is 1.71. The summed E-state index contributed by atoms with van der Waals surface area (Å²) in [5, 5.41) is 0. The van der Waals surface area contributed by atoms with Crippen molar-refractivity contribution in [1.82, 2.24) is 0 Å². The summed E-state index contributed by atoms with van der Waals surface area (Å²) >= 11 is 0. The van der Waals surface area contributed by atoms with Gasteiger partial charge in [-0.15, -0.1) is 0 Å². The van der Waals surface area contributed by atoms with Gasteiger partial charge in [0.05, 0.1) is 0 Å². The predicted octanol–water partition coefficient (Wildman–Crippen LogP) is 13.5. The van der Waals surface area contributed by atoms with Crippen molar-refractivity contribution in [3.8, 4) is 0 Å². The molecule has 0 radical (unpaired) electrons. The minimum Gasteiger partial charge on any atom is -0.0683 e. The summed E-state index contributed by atoms with van der Waals surface area (Å²) < 4.78 is 0. The van der Waals surface area contributed by atoms with Crippen molar-refractivity contribution < 1.29 is 0 Å². The average Bonchev–Trinajstić information content (AvgIpc) is 2.87. The first-order valence-electron chi connectivity index (χ1n) is 13.3. The van der Waals surface area contributed by atoms with E-state index in [1.165, 1.54) is 19.3 Å². The molecule has 0 N–H and O–H groups in total. The topological polar surface area (TPSA) is 0 Å². The molecule has 186 valence electrons. The van der Waals surface area contributed by atoms with Crippen LogP contribution in [0.4, 0.5) is 0 Å². The van der Waals surface area contributed by atoms with Crippen molar-refractivity contribution in [2.24, 2.45) is 0 Å². The summed E-state index contributed by atoms with van der Waals surface area (Å²) in [7, 11) is 0. The molecule has 0 amide bonds. The van der Waals surface area contributed by atoms with Gasteiger partial charge in [0.2, 0.25) is 0 Å². The average molecular weight is 403 g/mol. The molecule has 0 aliphatic carbocycles. The fraction of sp³-hybridized carbons (Fsp3) is 1.00. The molecule has 0 heterocycles. The number of unbranched alkanes of at least 4 members (excludes halogenated alkanes) is 1. The van der Waals surface area contributed by atoms with Crippen LogP contribution in [0.5, 0.6) is 0 Å². The largest absolute Gasteiger partial charge is 0.0683 e. The molecule has 0 aromatic heterocycles. The quantitative estimate of drug-likeness (QED) is 0.409. The van der Waals surface area contributed by atoms with Crippen LogP contribution in [0.3, 0.4) is 0 Å². The van der Waals surface area contributed by atoms with Gasteiger partial charge in [0.1, 0.15) is 0 Å². The summed E-state index contributed by atoms with van der Waals surface area (Å²) in [6, 6.07) is 0. The number of hydrogen-bond donors (Lipinski definition) is 0. The van der Waals surface area contributed by atoms with E-state index in [9.17, 15) is 0 Å². The normalized spacial score (nSPS) is 4.00. The van der Waals surface area contributed by atoms with E-state index in [2.05, 4.69) is 27.7 Å². The lowest BCUT2D eigenvalue weighted by Crippen LogP contribution is -1.47. The summed E-state index contributed by atoms with van der Waals surface area (Å²) in [4.78, 5) is 0. The molecular weight excluding hydrogens is 324 g/mol. The predicted molar refractivity (Wildman–Crippen MR) is 150 cm³/mol. The van der Waals surface area contributed by atoms with Crippen LogP contribution in [-0.2, 0) is 0 Å². The summed E-state index contributed by atoms with van der Waals surface area (Å²) in [6.07, 6.45) is 3.89. The molecule has 0 nitrogen and oxygen atoms in total. The Morgan fingerprint density at radius 1 is 0.222 bits per heavy atom. The van der Waals surface area contributed by atoms with Gasteiger partial charge in [-0.2, -0.15) is 0 Å². The molecule has 0 aromatic rings. The second-order valence-corrected chi connectivity index (χ2v) is 1.71. The maximum absolute atomic E-state index is 2.18. The molecule has 27 heavy (non-hydrogen) atoms. The fourth-order valence-electron chi connectivity index (χ4n) is 0. The highest BCUT2D eigenvalue weighted by Gasteiger charge is 1.56. The number of hydrogen-bond acceptors (Lipinski definition) is 0. The Hall–Kier alpha value is 0. The van der Waals surface area contributed by atoms with Crippen LogP contribution in [0.15, 0.2) is 0 Å². The van der Waals surface area contributed by atoms with Crippen LogP contribution in [-0.4, -0.2) is 0 Å². The minimum atomic E-state index is 1.25. The third-order valence-corrected chi connectivity index (χ3v) is 0.500. The minimum absolute atomic E-state index is 1.25. The van der Waals surface area contributed by atoms with E-state index >= 15 is 0 Å². The molecule has 0 heteroatoms. The van der Waals surface area contributed by atoms with E-state index in [0.717, 1.165) is 0 Å². The SMILES string of the molecule is CC.CC.CC.CC.CC.CC.CC.CC.CC.CC.CCC.CCCC. The third-order valence-electron chi connectivity index (χ3n) is 0.500. The van der Waals surface area contributed by atoms with Crippen LogP contribution in [0.2, 0.25) is 0 Å². The highest BCUT2D eigenvalue weighted by molar-refractivity contribution is 4.12. The number of rotatable bonds is 1. The third kappa shape index (κ3) is 15000. The Morgan fingerprint density at radius 3 is 0.259 bits per heavy atom. The molecule has 0 saturated heterocycles. The van der Waals surface area contributed by atoms with Crippen molar-refractivity contribution >= 4 is 0 Å². The standard InChI is InChI=1S/C4H10.C3H8.10C2H6/c1-3-4-2;1-3-2;10*1-2/h3-4H2,1-2H3;3H2,1-2H3;10*1-2H3. The van der Waals surface area contributed by atoms with Crippen molar-refractivity contribution in [1.29, 1.82) is 0 Å². The van der Waals surface area contributed by atoms with Crippen molar-refractivity contribution in [3.63, 3.8) is 0 Å². The van der Waals surface area contributed by atoms with Gasteiger partial charge in [0.15, 0.2) is 0 Å². The Labute approximate surface area is 185 Å². The molecule has 0 fully saturated rings. The molecule has 0 rings (SSSR count). The lowest BCUT2D eigenvalue weighted by Gasteiger charge is -1.68. The molecule has 0 atom stereocenters. The van der Waals surface area contributed by atoms with Gasteiger partial charge in [-0.1, -0.05) is 185 Å². The Balaban J connectivity index is -0.00000000921. The van der Waals surface area contributed by atoms with Gasteiger partial charge in [0, 0.05) is 0 Å². The first-order chi connectivity index (χ1) is 13.3. The van der Waals surface area contributed by atoms with Gasteiger partial charge >= 0.3 is 0 Å². The van der Waals surface area contributed by atoms with E-state index in [-0.39, 0.29) is 0 Å². The highest BCUT2D eigenvalue weighted by atomic mass is 13.6. The maximum Gasteiger partial charge on any atom is -0.0564 e. The Morgan fingerprint density at radius 2 is 0.259 bits per heavy atom. The zero-order valence-electron chi connectivity index (χ0n) is 26.1. The van der Waals surface area contributed by atoms with Gasteiger partial charge in [0.25, 0.3) is 0 Å². The molecule has 0 aromatic carbocycles. The lowest BCUT2D eigenvalue weighted by atomic mass is 10.4.